The highest BCUT2D eigenvalue weighted by molar-refractivity contribution is 6.01. The van der Waals surface area contributed by atoms with Crippen molar-refractivity contribution in [2.24, 2.45) is 0 Å². The topological polar surface area (TPSA) is 87.7 Å². The van der Waals surface area contributed by atoms with E-state index in [1.807, 2.05) is 13.8 Å². The van der Waals surface area contributed by atoms with Gasteiger partial charge < -0.3 is 20.5 Å². The Kier molecular flexibility index (Phi) is 5.99. The zero-order chi connectivity index (χ0) is 15.1. The number of carbonyl (C=O) groups is 2. The Morgan fingerprint density at radius 2 is 2.05 bits per heavy atom. The van der Waals surface area contributed by atoms with E-state index in [9.17, 15) is 9.59 Å². The lowest BCUT2D eigenvalue weighted by Crippen LogP contribution is -2.32. The molecule has 3 N–H and O–H groups in total. The first kappa shape index (κ1) is 16.0. The molecule has 1 aromatic carbocycles. The Labute approximate surface area is 118 Å². The van der Waals surface area contributed by atoms with Crippen LogP contribution in [0.25, 0.3) is 0 Å². The van der Waals surface area contributed by atoms with Gasteiger partial charge in [0.25, 0.3) is 0 Å². The minimum absolute atomic E-state index is 0.0982. The number of hydrogen-bond acceptors (Lipinski definition) is 3. The quantitative estimate of drug-likeness (QED) is 0.697. The molecule has 0 radical (unpaired) electrons. The van der Waals surface area contributed by atoms with Crippen LogP contribution in [-0.2, 0) is 4.74 Å². The van der Waals surface area contributed by atoms with E-state index in [0.717, 1.165) is 0 Å². The van der Waals surface area contributed by atoms with E-state index in [0.29, 0.717) is 18.7 Å². The van der Waals surface area contributed by atoms with Gasteiger partial charge in [0.15, 0.2) is 0 Å². The van der Waals surface area contributed by atoms with Crippen molar-refractivity contribution < 1.29 is 19.4 Å². The summed E-state index contributed by atoms with van der Waals surface area (Å²) in [6, 6.07) is 4.48. The normalized spacial score (nSPS) is 10.4. The third kappa shape index (κ3) is 4.89. The predicted octanol–water partition coefficient (Wildman–Crippen LogP) is 2.24. The Hall–Kier alpha value is -2.08. The lowest BCUT2D eigenvalue weighted by atomic mass is 10.1. The first-order valence-corrected chi connectivity index (χ1v) is 6.41. The Morgan fingerprint density at radius 3 is 2.65 bits per heavy atom. The summed E-state index contributed by atoms with van der Waals surface area (Å²) in [4.78, 5) is 22.8. The molecule has 0 spiro atoms. The molecule has 0 saturated carbocycles. The van der Waals surface area contributed by atoms with Crippen LogP contribution in [0.2, 0.25) is 0 Å². The molecule has 0 aliphatic heterocycles. The molecule has 0 heterocycles. The van der Waals surface area contributed by atoms with Gasteiger partial charge in [-0.15, -0.1) is 0 Å². The number of hydrogen-bond donors (Lipinski definition) is 3. The van der Waals surface area contributed by atoms with Gasteiger partial charge in [0.1, 0.15) is 0 Å². The molecule has 20 heavy (non-hydrogen) atoms. The average molecular weight is 280 g/mol. The molecule has 0 saturated heterocycles. The van der Waals surface area contributed by atoms with Crippen molar-refractivity contribution in [3.05, 3.63) is 29.3 Å². The van der Waals surface area contributed by atoms with Gasteiger partial charge in [0, 0.05) is 6.54 Å². The van der Waals surface area contributed by atoms with Crippen LogP contribution in [0.1, 0.15) is 29.8 Å². The monoisotopic (exact) mass is 280 g/mol. The number of urea groups is 1. The van der Waals surface area contributed by atoms with Crippen molar-refractivity contribution >= 4 is 17.7 Å². The molecule has 6 heteroatoms. The van der Waals surface area contributed by atoms with Crippen LogP contribution in [0.3, 0.4) is 0 Å². The molecule has 0 unspecified atom stereocenters. The van der Waals surface area contributed by atoms with Gasteiger partial charge in [-0.1, -0.05) is 12.1 Å². The second-order valence-corrected chi connectivity index (χ2v) is 4.60. The molecule has 0 fully saturated rings. The van der Waals surface area contributed by atoms with Crippen LogP contribution >= 0.6 is 0 Å². The van der Waals surface area contributed by atoms with E-state index in [1.165, 1.54) is 0 Å². The van der Waals surface area contributed by atoms with E-state index in [2.05, 4.69) is 10.6 Å². The van der Waals surface area contributed by atoms with Gasteiger partial charge in [-0.2, -0.15) is 0 Å². The van der Waals surface area contributed by atoms with Crippen molar-refractivity contribution in [3.8, 4) is 0 Å². The third-order valence-electron chi connectivity index (χ3n) is 2.57. The fourth-order valence-corrected chi connectivity index (χ4v) is 1.68. The SMILES string of the molecule is Cc1cccc(NC(=O)NCCOC(C)C)c1C(=O)O. The molecule has 0 aromatic heterocycles. The predicted molar refractivity (Wildman–Crippen MR) is 76.2 cm³/mol. The molecule has 0 aliphatic carbocycles. The maximum atomic E-state index is 11.7. The van der Waals surface area contributed by atoms with Gasteiger partial charge >= 0.3 is 12.0 Å². The summed E-state index contributed by atoms with van der Waals surface area (Å²) in [5.74, 6) is -1.07. The molecule has 110 valence electrons. The minimum atomic E-state index is -1.07. The summed E-state index contributed by atoms with van der Waals surface area (Å²) in [5, 5.41) is 14.3. The molecule has 0 atom stereocenters. The van der Waals surface area contributed by atoms with Crippen molar-refractivity contribution in [3.63, 3.8) is 0 Å². The number of carbonyl (C=O) groups excluding carboxylic acids is 1. The lowest BCUT2D eigenvalue weighted by molar-refractivity contribution is 0.0697. The zero-order valence-electron chi connectivity index (χ0n) is 11.9. The smallest absolute Gasteiger partial charge is 0.338 e. The highest BCUT2D eigenvalue weighted by Gasteiger charge is 2.14. The number of carboxylic acid groups (broad SMARTS) is 1. The van der Waals surface area contributed by atoms with Crippen LogP contribution in [0.15, 0.2) is 18.2 Å². The highest BCUT2D eigenvalue weighted by Crippen LogP contribution is 2.19. The van der Waals surface area contributed by atoms with Crippen molar-refractivity contribution in [1.29, 1.82) is 0 Å². The van der Waals surface area contributed by atoms with E-state index in [4.69, 9.17) is 9.84 Å². The number of carboxylic acids is 1. The van der Waals surface area contributed by atoms with E-state index < -0.39 is 12.0 Å². The molecule has 0 bridgehead atoms. The number of amides is 2. The maximum absolute atomic E-state index is 11.7. The van der Waals surface area contributed by atoms with E-state index in [1.54, 1.807) is 25.1 Å². The standard InChI is InChI=1S/C14H20N2O4/c1-9(2)20-8-7-15-14(19)16-11-6-4-5-10(3)12(11)13(17)18/h4-6,9H,7-8H2,1-3H3,(H,17,18)(H2,15,16,19). The second-order valence-electron chi connectivity index (χ2n) is 4.60. The third-order valence-corrected chi connectivity index (χ3v) is 2.57. The second kappa shape index (κ2) is 7.49. The van der Waals surface area contributed by atoms with Crippen LogP contribution in [-0.4, -0.2) is 36.4 Å². The fraction of sp³-hybridized carbons (Fsp3) is 0.429. The summed E-state index contributed by atoms with van der Waals surface area (Å²) in [7, 11) is 0. The van der Waals surface area contributed by atoms with E-state index >= 15 is 0 Å². The first-order valence-electron chi connectivity index (χ1n) is 6.41. The number of nitrogens with one attached hydrogen (secondary N) is 2. The molecule has 2 amide bonds. The van der Waals surface area contributed by atoms with Gasteiger partial charge in [-0.05, 0) is 32.4 Å². The summed E-state index contributed by atoms with van der Waals surface area (Å²) < 4.78 is 5.29. The van der Waals surface area contributed by atoms with Crippen molar-refractivity contribution in [2.75, 3.05) is 18.5 Å². The number of aryl methyl sites for hydroxylation is 1. The van der Waals surface area contributed by atoms with Crippen molar-refractivity contribution in [1.82, 2.24) is 5.32 Å². The zero-order valence-corrected chi connectivity index (χ0v) is 11.9. The first-order chi connectivity index (χ1) is 9.41. The lowest BCUT2D eigenvalue weighted by Gasteiger charge is -2.12. The number of anilines is 1. The van der Waals surface area contributed by atoms with E-state index in [-0.39, 0.29) is 17.4 Å². The Bertz CT molecular complexity index is 486. The van der Waals surface area contributed by atoms with Crippen LogP contribution in [0.4, 0.5) is 10.5 Å². The van der Waals surface area contributed by atoms with Crippen LogP contribution < -0.4 is 10.6 Å². The van der Waals surface area contributed by atoms with Gasteiger partial charge in [0.05, 0.1) is 24.0 Å². The highest BCUT2D eigenvalue weighted by atomic mass is 16.5. The van der Waals surface area contributed by atoms with Crippen LogP contribution in [0.5, 0.6) is 0 Å². The number of benzene rings is 1. The van der Waals surface area contributed by atoms with Gasteiger partial charge in [0.2, 0.25) is 0 Å². The number of aromatic carboxylic acids is 1. The van der Waals surface area contributed by atoms with Gasteiger partial charge in [-0.3, -0.25) is 0 Å². The number of ether oxygens (including phenoxy) is 1. The summed E-state index contributed by atoms with van der Waals surface area (Å²) in [5.41, 5.74) is 0.972. The summed E-state index contributed by atoms with van der Waals surface area (Å²) >= 11 is 0. The summed E-state index contributed by atoms with van der Waals surface area (Å²) in [6.07, 6.45) is 0.107. The average Bonchev–Trinajstić information content (AvgIpc) is 2.34. The minimum Gasteiger partial charge on any atom is -0.478 e. The molecular weight excluding hydrogens is 260 g/mol. The van der Waals surface area contributed by atoms with Gasteiger partial charge in [-0.25, -0.2) is 9.59 Å². The molecule has 1 rings (SSSR count). The molecular formula is C14H20N2O4. The summed E-state index contributed by atoms with van der Waals surface area (Å²) in [6.45, 7) is 6.27. The van der Waals surface area contributed by atoms with Crippen LogP contribution in [0, 0.1) is 6.92 Å². The Morgan fingerprint density at radius 1 is 1.35 bits per heavy atom. The molecule has 1 aromatic rings. The molecule has 6 nitrogen and oxygen atoms in total. The largest absolute Gasteiger partial charge is 0.478 e. The number of rotatable bonds is 6. The Balaban J connectivity index is 2.58. The van der Waals surface area contributed by atoms with Crippen molar-refractivity contribution in [2.45, 2.75) is 26.9 Å². The maximum Gasteiger partial charge on any atom is 0.338 e. The molecule has 0 aliphatic rings. The fourth-order valence-electron chi connectivity index (χ4n) is 1.68.